The predicted octanol–water partition coefficient (Wildman–Crippen LogP) is 3.07. The highest BCUT2D eigenvalue weighted by Crippen LogP contribution is 2.24. The molecule has 0 unspecified atom stereocenters. The van der Waals surface area contributed by atoms with Crippen LogP contribution in [0.3, 0.4) is 0 Å². The molecule has 1 heterocycles. The van der Waals surface area contributed by atoms with E-state index in [0.29, 0.717) is 24.6 Å². The van der Waals surface area contributed by atoms with E-state index in [9.17, 15) is 4.79 Å². The van der Waals surface area contributed by atoms with Crippen LogP contribution in [0.2, 0.25) is 0 Å². The van der Waals surface area contributed by atoms with Gasteiger partial charge in [-0.3, -0.25) is 4.79 Å². The van der Waals surface area contributed by atoms with Gasteiger partial charge in [-0.25, -0.2) is 0 Å². The van der Waals surface area contributed by atoms with Gasteiger partial charge in [-0.05, 0) is 35.9 Å². The number of methoxy groups -OCH3 is 3. The Labute approximate surface area is 165 Å². The number of hydrogen-bond donors (Lipinski definition) is 0. The molecule has 6 heteroatoms. The van der Waals surface area contributed by atoms with Crippen LogP contribution >= 0.6 is 0 Å². The molecule has 1 fully saturated rings. The maximum atomic E-state index is 12.6. The summed E-state index contributed by atoms with van der Waals surface area (Å²) in [5, 5.41) is 0. The summed E-state index contributed by atoms with van der Waals surface area (Å²) in [6.45, 7) is 2.95. The topological polar surface area (TPSA) is 51.2 Å². The first-order chi connectivity index (χ1) is 13.6. The highest BCUT2D eigenvalue weighted by atomic mass is 16.5. The molecule has 0 bridgehead atoms. The smallest absolute Gasteiger partial charge is 0.246 e. The van der Waals surface area contributed by atoms with Crippen LogP contribution in [0.5, 0.6) is 17.2 Å². The molecule has 0 radical (unpaired) electrons. The van der Waals surface area contributed by atoms with Gasteiger partial charge in [-0.15, -0.1) is 0 Å². The largest absolute Gasteiger partial charge is 0.497 e. The number of ether oxygens (including phenoxy) is 3. The van der Waals surface area contributed by atoms with Gasteiger partial charge >= 0.3 is 0 Å². The number of benzene rings is 2. The second-order valence-electron chi connectivity index (χ2n) is 6.49. The van der Waals surface area contributed by atoms with Gasteiger partial charge in [0.1, 0.15) is 17.2 Å². The number of anilines is 1. The number of amides is 1. The van der Waals surface area contributed by atoms with Crippen LogP contribution in [0, 0.1) is 0 Å². The lowest BCUT2D eigenvalue weighted by molar-refractivity contribution is -0.126. The second-order valence-corrected chi connectivity index (χ2v) is 6.49. The summed E-state index contributed by atoms with van der Waals surface area (Å²) in [5.41, 5.74) is 1.98. The van der Waals surface area contributed by atoms with Gasteiger partial charge in [-0.2, -0.15) is 0 Å². The molecule has 0 aliphatic carbocycles. The number of carbonyl (C=O) groups excluding carboxylic acids is 1. The molecule has 28 heavy (non-hydrogen) atoms. The molecule has 1 amide bonds. The first kappa shape index (κ1) is 19.6. The van der Waals surface area contributed by atoms with Crippen LogP contribution in [0.25, 0.3) is 6.08 Å². The molecule has 2 aromatic carbocycles. The maximum Gasteiger partial charge on any atom is 0.246 e. The van der Waals surface area contributed by atoms with Crippen molar-refractivity contribution in [3.63, 3.8) is 0 Å². The van der Waals surface area contributed by atoms with E-state index in [4.69, 9.17) is 14.2 Å². The fourth-order valence-electron chi connectivity index (χ4n) is 3.19. The van der Waals surface area contributed by atoms with E-state index < -0.39 is 0 Å². The van der Waals surface area contributed by atoms with Crippen molar-refractivity contribution < 1.29 is 19.0 Å². The van der Waals surface area contributed by atoms with Crippen LogP contribution in [0.15, 0.2) is 48.5 Å². The maximum absolute atomic E-state index is 12.6. The van der Waals surface area contributed by atoms with Crippen molar-refractivity contribution in [2.75, 3.05) is 52.4 Å². The first-order valence-electron chi connectivity index (χ1n) is 9.22. The van der Waals surface area contributed by atoms with Crippen LogP contribution < -0.4 is 19.1 Å². The molecule has 1 aliphatic heterocycles. The lowest BCUT2D eigenvalue weighted by atomic mass is 10.1. The van der Waals surface area contributed by atoms with Crippen molar-refractivity contribution in [1.29, 1.82) is 0 Å². The van der Waals surface area contributed by atoms with Gasteiger partial charge in [0.05, 0.1) is 21.3 Å². The normalized spacial score (nSPS) is 14.2. The fourth-order valence-corrected chi connectivity index (χ4v) is 3.19. The monoisotopic (exact) mass is 382 g/mol. The predicted molar refractivity (Wildman–Crippen MR) is 110 cm³/mol. The molecule has 148 valence electrons. The van der Waals surface area contributed by atoms with Crippen LogP contribution in [0.1, 0.15) is 5.56 Å². The molecule has 3 rings (SSSR count). The van der Waals surface area contributed by atoms with Gasteiger partial charge in [0.25, 0.3) is 0 Å². The zero-order valence-electron chi connectivity index (χ0n) is 16.6. The van der Waals surface area contributed by atoms with E-state index in [0.717, 1.165) is 30.1 Å². The second kappa shape index (κ2) is 9.17. The lowest BCUT2D eigenvalue weighted by Gasteiger charge is -2.35. The highest BCUT2D eigenvalue weighted by molar-refractivity contribution is 5.92. The first-order valence-corrected chi connectivity index (χ1v) is 9.22. The molecular weight excluding hydrogens is 356 g/mol. The third-order valence-electron chi connectivity index (χ3n) is 4.80. The van der Waals surface area contributed by atoms with Crippen LogP contribution in [-0.4, -0.2) is 58.3 Å². The fraction of sp³-hybridized carbons (Fsp3) is 0.318. The Morgan fingerprint density at radius 3 is 2.11 bits per heavy atom. The summed E-state index contributed by atoms with van der Waals surface area (Å²) >= 11 is 0. The minimum absolute atomic E-state index is 0.00655. The van der Waals surface area contributed by atoms with Crippen molar-refractivity contribution in [3.05, 3.63) is 54.1 Å². The van der Waals surface area contributed by atoms with E-state index in [2.05, 4.69) is 11.0 Å². The molecular formula is C22H26N2O4. The SMILES string of the molecule is COc1cc(/C=C/C(=O)N2CCN(c3cccc(OC)c3)CC2)cc(OC)c1. The van der Waals surface area contributed by atoms with Crippen molar-refractivity contribution in [2.45, 2.75) is 0 Å². The Morgan fingerprint density at radius 1 is 0.857 bits per heavy atom. The molecule has 0 N–H and O–H groups in total. The van der Waals surface area contributed by atoms with E-state index in [1.165, 1.54) is 0 Å². The Hall–Kier alpha value is -3.15. The van der Waals surface area contributed by atoms with Crippen LogP contribution in [-0.2, 0) is 4.79 Å². The molecule has 6 nitrogen and oxygen atoms in total. The summed E-state index contributed by atoms with van der Waals surface area (Å²) in [4.78, 5) is 16.7. The van der Waals surface area contributed by atoms with Crippen molar-refractivity contribution in [2.24, 2.45) is 0 Å². The standard InChI is InChI=1S/C22H26N2O4/c1-26-19-6-4-5-18(15-19)23-9-11-24(12-10-23)22(25)8-7-17-13-20(27-2)16-21(14-17)28-3/h4-8,13-16H,9-12H2,1-3H3/b8-7+. The van der Waals surface area contributed by atoms with Gasteiger partial charge in [-0.1, -0.05) is 6.07 Å². The average molecular weight is 382 g/mol. The Morgan fingerprint density at radius 2 is 1.50 bits per heavy atom. The number of nitrogens with zero attached hydrogens (tertiary/aromatic N) is 2. The number of rotatable bonds is 6. The summed E-state index contributed by atoms with van der Waals surface area (Å²) in [5.74, 6) is 2.23. The number of hydrogen-bond acceptors (Lipinski definition) is 5. The minimum Gasteiger partial charge on any atom is -0.497 e. The van der Waals surface area contributed by atoms with Gasteiger partial charge < -0.3 is 24.0 Å². The highest BCUT2D eigenvalue weighted by Gasteiger charge is 2.20. The Kier molecular flexibility index (Phi) is 6.42. The summed E-state index contributed by atoms with van der Waals surface area (Å²) in [6, 6.07) is 13.5. The van der Waals surface area contributed by atoms with E-state index >= 15 is 0 Å². The molecule has 0 saturated carbocycles. The zero-order valence-corrected chi connectivity index (χ0v) is 16.6. The van der Waals surface area contributed by atoms with E-state index in [1.807, 2.05) is 35.2 Å². The van der Waals surface area contributed by atoms with Gasteiger partial charge in [0.15, 0.2) is 0 Å². The molecule has 2 aromatic rings. The Bertz CT molecular complexity index is 820. The van der Waals surface area contributed by atoms with Crippen molar-refractivity contribution in [3.8, 4) is 17.2 Å². The minimum atomic E-state index is 0.00655. The molecule has 1 saturated heterocycles. The number of carbonyl (C=O) groups is 1. The van der Waals surface area contributed by atoms with E-state index in [-0.39, 0.29) is 5.91 Å². The number of piperazine rings is 1. The molecule has 1 aliphatic rings. The third kappa shape index (κ3) is 4.76. The van der Waals surface area contributed by atoms with Crippen molar-refractivity contribution >= 4 is 17.7 Å². The molecule has 0 spiro atoms. The zero-order chi connectivity index (χ0) is 19.9. The van der Waals surface area contributed by atoms with Crippen LogP contribution in [0.4, 0.5) is 5.69 Å². The Balaban J connectivity index is 1.60. The summed E-state index contributed by atoms with van der Waals surface area (Å²) < 4.78 is 15.8. The van der Waals surface area contributed by atoms with Gasteiger partial charge in [0, 0.05) is 50.1 Å². The molecule has 0 atom stereocenters. The van der Waals surface area contributed by atoms with Gasteiger partial charge in [0.2, 0.25) is 5.91 Å². The lowest BCUT2D eigenvalue weighted by Crippen LogP contribution is -2.48. The summed E-state index contributed by atoms with van der Waals surface area (Å²) in [7, 11) is 4.88. The average Bonchev–Trinajstić information content (AvgIpc) is 2.77. The summed E-state index contributed by atoms with van der Waals surface area (Å²) in [6.07, 6.45) is 3.40. The van der Waals surface area contributed by atoms with Crippen molar-refractivity contribution in [1.82, 2.24) is 4.90 Å². The van der Waals surface area contributed by atoms with E-state index in [1.54, 1.807) is 39.5 Å². The third-order valence-corrected chi connectivity index (χ3v) is 4.80. The quantitative estimate of drug-likeness (QED) is 0.719. The molecule has 0 aromatic heterocycles.